The smallest absolute Gasteiger partial charge is 0.335 e. The van der Waals surface area contributed by atoms with Crippen LogP contribution in [0.2, 0.25) is 0 Å². The van der Waals surface area contributed by atoms with Crippen LogP contribution in [0.15, 0.2) is 24.3 Å². The molecule has 1 aromatic rings. The Kier molecular flexibility index (Phi) is 4.85. The maximum Gasteiger partial charge on any atom is 0.335 e. The summed E-state index contributed by atoms with van der Waals surface area (Å²) in [6.45, 7) is 0. The van der Waals surface area contributed by atoms with Crippen LogP contribution in [0.1, 0.15) is 28.8 Å². The van der Waals surface area contributed by atoms with Crippen molar-refractivity contribution in [1.29, 1.82) is 0 Å². The van der Waals surface area contributed by atoms with E-state index in [1.165, 1.54) is 6.07 Å². The second kappa shape index (κ2) is 6.61. The molecule has 0 atom stereocenters. The lowest BCUT2D eigenvalue weighted by Gasteiger charge is -2.22. The zero-order valence-electron chi connectivity index (χ0n) is 10.6. The predicted octanol–water partition coefficient (Wildman–Crippen LogP) is 1.94. The molecule has 0 bridgehead atoms. The fraction of sp³-hybridized carbons (Fsp3) is 0.429. The summed E-state index contributed by atoms with van der Waals surface area (Å²) in [5.74, 6) is 1.20. The van der Waals surface area contributed by atoms with Crippen LogP contribution in [0.3, 0.4) is 0 Å². The molecule has 0 spiro atoms. The first kappa shape index (κ1) is 13.9. The molecule has 2 N–H and O–H groups in total. The summed E-state index contributed by atoms with van der Waals surface area (Å²) in [7, 11) is 0. The Morgan fingerprint density at radius 2 is 2.05 bits per heavy atom. The summed E-state index contributed by atoms with van der Waals surface area (Å²) in [6, 6.07) is 6.81. The molecule has 1 aromatic carbocycles. The van der Waals surface area contributed by atoms with E-state index in [0.717, 1.165) is 29.9 Å². The number of thioether (sulfide) groups is 1. The van der Waals surface area contributed by atoms with Crippen molar-refractivity contribution in [3.05, 3.63) is 35.4 Å². The van der Waals surface area contributed by atoms with Crippen molar-refractivity contribution >= 4 is 23.6 Å². The van der Waals surface area contributed by atoms with Crippen molar-refractivity contribution < 1.29 is 14.7 Å². The SMILES string of the molecule is O=C(Cc1cccc(C(=O)O)c1)NC1CCSCC1. The Morgan fingerprint density at radius 1 is 1.32 bits per heavy atom. The number of amides is 1. The summed E-state index contributed by atoms with van der Waals surface area (Å²) < 4.78 is 0. The fourth-order valence-electron chi connectivity index (χ4n) is 2.12. The standard InChI is InChI=1S/C14H17NO3S/c16-13(15-12-4-6-19-7-5-12)9-10-2-1-3-11(8-10)14(17)18/h1-3,8,12H,4-7,9H2,(H,15,16)(H,17,18). The highest BCUT2D eigenvalue weighted by atomic mass is 32.2. The largest absolute Gasteiger partial charge is 0.478 e. The average molecular weight is 279 g/mol. The molecule has 5 heteroatoms. The van der Waals surface area contributed by atoms with Gasteiger partial charge in [0, 0.05) is 6.04 Å². The number of carboxylic acids is 1. The number of carbonyl (C=O) groups excluding carboxylic acids is 1. The molecule has 0 aromatic heterocycles. The highest BCUT2D eigenvalue weighted by Gasteiger charge is 2.16. The van der Waals surface area contributed by atoms with Gasteiger partial charge in [0.1, 0.15) is 0 Å². The van der Waals surface area contributed by atoms with E-state index in [1.807, 2.05) is 11.8 Å². The molecule has 0 unspecified atom stereocenters. The van der Waals surface area contributed by atoms with Crippen LogP contribution in [-0.4, -0.2) is 34.5 Å². The number of rotatable bonds is 4. The molecule has 0 radical (unpaired) electrons. The average Bonchev–Trinajstić information content (AvgIpc) is 2.40. The second-order valence-electron chi connectivity index (χ2n) is 4.64. The van der Waals surface area contributed by atoms with Crippen LogP contribution in [-0.2, 0) is 11.2 Å². The third-order valence-electron chi connectivity index (χ3n) is 3.13. The van der Waals surface area contributed by atoms with Crippen molar-refractivity contribution in [2.24, 2.45) is 0 Å². The Balaban J connectivity index is 1.90. The van der Waals surface area contributed by atoms with Gasteiger partial charge < -0.3 is 10.4 Å². The van der Waals surface area contributed by atoms with Crippen LogP contribution in [0.25, 0.3) is 0 Å². The number of carbonyl (C=O) groups is 2. The zero-order valence-corrected chi connectivity index (χ0v) is 11.4. The third-order valence-corrected chi connectivity index (χ3v) is 4.17. The molecule has 1 saturated heterocycles. The van der Waals surface area contributed by atoms with Gasteiger partial charge >= 0.3 is 5.97 Å². The van der Waals surface area contributed by atoms with Crippen LogP contribution in [0.5, 0.6) is 0 Å². The Hall–Kier alpha value is -1.49. The fourth-order valence-corrected chi connectivity index (χ4v) is 3.23. The van der Waals surface area contributed by atoms with Crippen molar-refractivity contribution in [2.45, 2.75) is 25.3 Å². The number of aromatic carboxylic acids is 1. The molecule has 4 nitrogen and oxygen atoms in total. The number of hydrogen-bond donors (Lipinski definition) is 2. The first-order valence-corrected chi connectivity index (χ1v) is 7.50. The Labute approximate surface area is 116 Å². The number of nitrogens with one attached hydrogen (secondary N) is 1. The molecule has 102 valence electrons. The maximum absolute atomic E-state index is 11.9. The molecular formula is C14H17NO3S. The molecule has 1 aliphatic rings. The van der Waals surface area contributed by atoms with Gasteiger partial charge in [-0.1, -0.05) is 12.1 Å². The minimum absolute atomic E-state index is 0.0283. The number of carboxylic acid groups (broad SMARTS) is 1. The topological polar surface area (TPSA) is 66.4 Å². The van der Waals surface area contributed by atoms with Crippen LogP contribution < -0.4 is 5.32 Å². The maximum atomic E-state index is 11.9. The van der Waals surface area contributed by atoms with E-state index in [1.54, 1.807) is 18.2 Å². The van der Waals surface area contributed by atoms with Crippen molar-refractivity contribution in [2.75, 3.05) is 11.5 Å². The van der Waals surface area contributed by atoms with Gasteiger partial charge in [0.05, 0.1) is 12.0 Å². The minimum Gasteiger partial charge on any atom is -0.478 e. The normalized spacial score (nSPS) is 16.0. The monoisotopic (exact) mass is 279 g/mol. The van der Waals surface area contributed by atoms with Gasteiger partial charge in [-0.25, -0.2) is 4.79 Å². The molecule has 1 aliphatic heterocycles. The predicted molar refractivity (Wildman–Crippen MR) is 75.6 cm³/mol. The molecule has 0 aliphatic carbocycles. The third kappa shape index (κ3) is 4.28. The van der Waals surface area contributed by atoms with Gasteiger partial charge in [-0.15, -0.1) is 0 Å². The highest BCUT2D eigenvalue weighted by molar-refractivity contribution is 7.99. The van der Waals surface area contributed by atoms with E-state index in [2.05, 4.69) is 5.32 Å². The van der Waals surface area contributed by atoms with E-state index < -0.39 is 5.97 Å². The Morgan fingerprint density at radius 3 is 2.74 bits per heavy atom. The summed E-state index contributed by atoms with van der Waals surface area (Å²) >= 11 is 1.92. The van der Waals surface area contributed by atoms with Gasteiger partial charge in [0.15, 0.2) is 0 Å². The van der Waals surface area contributed by atoms with Crippen LogP contribution in [0.4, 0.5) is 0 Å². The van der Waals surface area contributed by atoms with E-state index in [4.69, 9.17) is 5.11 Å². The number of hydrogen-bond acceptors (Lipinski definition) is 3. The van der Waals surface area contributed by atoms with Crippen molar-refractivity contribution in [3.63, 3.8) is 0 Å². The second-order valence-corrected chi connectivity index (χ2v) is 5.86. The van der Waals surface area contributed by atoms with Gasteiger partial charge in [-0.05, 0) is 42.0 Å². The van der Waals surface area contributed by atoms with Gasteiger partial charge in [0.2, 0.25) is 5.91 Å². The summed E-state index contributed by atoms with van der Waals surface area (Å²) in [5, 5.41) is 11.9. The number of benzene rings is 1. The van der Waals surface area contributed by atoms with Crippen molar-refractivity contribution in [1.82, 2.24) is 5.32 Å². The first-order valence-electron chi connectivity index (χ1n) is 6.34. The van der Waals surface area contributed by atoms with E-state index >= 15 is 0 Å². The summed E-state index contributed by atoms with van der Waals surface area (Å²) in [4.78, 5) is 22.7. The molecule has 1 heterocycles. The van der Waals surface area contributed by atoms with E-state index in [0.29, 0.717) is 0 Å². The quantitative estimate of drug-likeness (QED) is 0.884. The summed E-state index contributed by atoms with van der Waals surface area (Å²) in [5.41, 5.74) is 0.960. The lowest BCUT2D eigenvalue weighted by Crippen LogP contribution is -2.38. The zero-order chi connectivity index (χ0) is 13.7. The summed E-state index contributed by atoms with van der Waals surface area (Å²) in [6.07, 6.45) is 2.28. The minimum atomic E-state index is -0.966. The first-order chi connectivity index (χ1) is 9.15. The van der Waals surface area contributed by atoms with Gasteiger partial charge in [-0.2, -0.15) is 11.8 Å². The lowest BCUT2D eigenvalue weighted by molar-refractivity contribution is -0.121. The highest BCUT2D eigenvalue weighted by Crippen LogP contribution is 2.17. The molecule has 1 amide bonds. The van der Waals surface area contributed by atoms with E-state index in [-0.39, 0.29) is 23.9 Å². The van der Waals surface area contributed by atoms with E-state index in [9.17, 15) is 9.59 Å². The van der Waals surface area contributed by atoms with Gasteiger partial charge in [-0.3, -0.25) is 4.79 Å². The molecule has 2 rings (SSSR count). The van der Waals surface area contributed by atoms with Crippen LogP contribution in [0, 0.1) is 0 Å². The molecule has 19 heavy (non-hydrogen) atoms. The molecule has 0 saturated carbocycles. The molecular weight excluding hydrogens is 262 g/mol. The molecule has 1 fully saturated rings. The van der Waals surface area contributed by atoms with Crippen LogP contribution >= 0.6 is 11.8 Å². The van der Waals surface area contributed by atoms with Gasteiger partial charge in [0.25, 0.3) is 0 Å². The Bertz CT molecular complexity index is 470. The lowest BCUT2D eigenvalue weighted by atomic mass is 10.1. The van der Waals surface area contributed by atoms with Crippen molar-refractivity contribution in [3.8, 4) is 0 Å².